The number of hydrogen-bond acceptors (Lipinski definition) is 3. The van der Waals surface area contributed by atoms with Crippen LogP contribution in [0.25, 0.3) is 27.5 Å². The summed E-state index contributed by atoms with van der Waals surface area (Å²) in [6, 6.07) is 23.0. The molecule has 4 nitrogen and oxygen atoms in total. The average molecular weight is 408 g/mol. The van der Waals surface area contributed by atoms with Crippen LogP contribution in [0.2, 0.25) is 0 Å². The smallest absolute Gasteiger partial charge is 0.399 e. The highest BCUT2D eigenvalue weighted by atomic mass is 16.7. The Kier molecular flexibility index (Phi) is 4.31. The van der Waals surface area contributed by atoms with Gasteiger partial charge in [0, 0.05) is 21.9 Å². The molecule has 1 aliphatic heterocycles. The highest BCUT2D eigenvalue weighted by Crippen LogP contribution is 2.38. The number of hydrogen-bond donors (Lipinski definition) is 0. The van der Waals surface area contributed by atoms with Crippen LogP contribution >= 0.6 is 0 Å². The van der Waals surface area contributed by atoms with Gasteiger partial charge in [0.15, 0.2) is 0 Å². The van der Waals surface area contributed by atoms with E-state index in [1.54, 1.807) is 0 Å². The van der Waals surface area contributed by atoms with Gasteiger partial charge in [-0.05, 0) is 71.0 Å². The lowest BCUT2D eigenvalue weighted by atomic mass is 9.77. The van der Waals surface area contributed by atoms with E-state index in [0.717, 1.165) is 22.2 Å². The molecule has 0 saturated carbocycles. The second-order valence-electron chi connectivity index (χ2n) is 9.35. The first-order valence-corrected chi connectivity index (χ1v) is 10.6. The molecule has 0 amide bonds. The summed E-state index contributed by atoms with van der Waals surface area (Å²) in [5.41, 5.74) is 4.95. The van der Waals surface area contributed by atoms with E-state index >= 15 is 0 Å². The molecular weight excluding hydrogens is 383 g/mol. The number of nitriles is 1. The van der Waals surface area contributed by atoms with E-state index in [-0.39, 0.29) is 0 Å². The lowest BCUT2D eigenvalue weighted by molar-refractivity contribution is 0.00578. The van der Waals surface area contributed by atoms with Gasteiger partial charge in [-0.2, -0.15) is 5.26 Å². The van der Waals surface area contributed by atoms with Crippen LogP contribution in [0.4, 0.5) is 0 Å². The molecule has 154 valence electrons. The normalized spacial score (nSPS) is 17.4. The number of nitrogens with zero attached hydrogens (tertiary/aromatic N) is 2. The van der Waals surface area contributed by atoms with E-state index in [0.29, 0.717) is 5.56 Å². The molecule has 4 aromatic rings. The van der Waals surface area contributed by atoms with Crippen LogP contribution in [0.15, 0.2) is 60.7 Å². The summed E-state index contributed by atoms with van der Waals surface area (Å²) in [6.07, 6.45) is 0. The Bertz CT molecular complexity index is 1360. The Labute approximate surface area is 183 Å². The Balaban J connectivity index is 1.81. The molecule has 1 aliphatic rings. The molecule has 1 fully saturated rings. The van der Waals surface area contributed by atoms with Crippen molar-refractivity contribution in [3.63, 3.8) is 0 Å². The SMILES string of the molecule is Cc1ccc2c(c1)c1ccccc1n2-c1ccc(C#N)cc1B1OC(C)(C)C(C)(C)O1. The maximum Gasteiger partial charge on any atom is 0.497 e. The Hall–Kier alpha value is -3.07. The van der Waals surface area contributed by atoms with Crippen molar-refractivity contribution in [2.45, 2.75) is 45.8 Å². The van der Waals surface area contributed by atoms with Gasteiger partial charge in [0.25, 0.3) is 0 Å². The van der Waals surface area contributed by atoms with Gasteiger partial charge in [0.05, 0.1) is 33.9 Å². The van der Waals surface area contributed by atoms with Gasteiger partial charge in [-0.1, -0.05) is 29.8 Å². The van der Waals surface area contributed by atoms with Crippen molar-refractivity contribution in [3.05, 3.63) is 71.8 Å². The van der Waals surface area contributed by atoms with Gasteiger partial charge in [0.1, 0.15) is 0 Å². The summed E-state index contributed by atoms with van der Waals surface area (Å²) in [6.45, 7) is 10.3. The van der Waals surface area contributed by atoms with Gasteiger partial charge in [0.2, 0.25) is 0 Å². The first-order chi connectivity index (χ1) is 14.7. The predicted octanol–water partition coefficient (Wildman–Crippen LogP) is 5.26. The van der Waals surface area contributed by atoms with E-state index in [1.165, 1.54) is 16.3 Å². The van der Waals surface area contributed by atoms with Crippen molar-refractivity contribution in [3.8, 4) is 11.8 Å². The van der Waals surface area contributed by atoms with Crippen LogP contribution in [0.3, 0.4) is 0 Å². The Morgan fingerprint density at radius 1 is 0.839 bits per heavy atom. The predicted molar refractivity (Wildman–Crippen MR) is 126 cm³/mol. The summed E-state index contributed by atoms with van der Waals surface area (Å²) in [7, 11) is -0.560. The minimum absolute atomic E-state index is 0.463. The van der Waals surface area contributed by atoms with Crippen molar-refractivity contribution in [1.29, 1.82) is 5.26 Å². The quantitative estimate of drug-likeness (QED) is 0.425. The number of rotatable bonds is 2. The molecule has 3 aromatic carbocycles. The zero-order valence-corrected chi connectivity index (χ0v) is 18.6. The van der Waals surface area contributed by atoms with Gasteiger partial charge in [-0.25, -0.2) is 0 Å². The Morgan fingerprint density at radius 2 is 1.52 bits per heavy atom. The van der Waals surface area contributed by atoms with Crippen LogP contribution in [0, 0.1) is 18.3 Å². The summed E-state index contributed by atoms with van der Waals surface area (Å²) in [5, 5.41) is 12.0. The fourth-order valence-electron chi connectivity index (χ4n) is 4.33. The number of aromatic nitrogens is 1. The number of aryl methyl sites for hydroxylation is 1. The van der Waals surface area contributed by atoms with Crippen LogP contribution in [-0.4, -0.2) is 22.9 Å². The van der Waals surface area contributed by atoms with E-state index in [9.17, 15) is 5.26 Å². The van der Waals surface area contributed by atoms with E-state index in [2.05, 4.69) is 60.0 Å². The third kappa shape index (κ3) is 2.98. The van der Waals surface area contributed by atoms with Crippen molar-refractivity contribution in [2.75, 3.05) is 0 Å². The first kappa shape index (κ1) is 19.9. The molecule has 0 unspecified atom stereocenters. The summed E-state index contributed by atoms with van der Waals surface area (Å²) >= 11 is 0. The molecule has 0 spiro atoms. The fraction of sp³-hybridized carbons (Fsp3) is 0.269. The molecule has 0 radical (unpaired) electrons. The highest BCUT2D eigenvalue weighted by molar-refractivity contribution is 6.63. The Morgan fingerprint density at radius 3 is 2.23 bits per heavy atom. The minimum Gasteiger partial charge on any atom is -0.399 e. The standard InChI is InChI=1S/C26H25BN2O2/c1-17-10-12-23-20(14-17)19-8-6-7-9-22(19)29(23)24-13-11-18(16-28)15-21(24)27-30-25(2,3)26(4,5)31-27/h6-15H,1-5H3. The lowest BCUT2D eigenvalue weighted by Crippen LogP contribution is -2.41. The highest BCUT2D eigenvalue weighted by Gasteiger charge is 2.52. The number of para-hydroxylation sites is 1. The summed E-state index contributed by atoms with van der Waals surface area (Å²) in [4.78, 5) is 0. The minimum atomic E-state index is -0.560. The monoisotopic (exact) mass is 408 g/mol. The molecule has 0 aliphatic carbocycles. The molecule has 1 saturated heterocycles. The molecule has 2 heterocycles. The molecule has 0 atom stereocenters. The van der Waals surface area contributed by atoms with Crippen LogP contribution < -0.4 is 5.46 Å². The lowest BCUT2D eigenvalue weighted by Gasteiger charge is -2.32. The second-order valence-corrected chi connectivity index (χ2v) is 9.35. The van der Waals surface area contributed by atoms with Gasteiger partial charge in [-0.3, -0.25) is 0 Å². The number of benzene rings is 3. The summed E-state index contributed by atoms with van der Waals surface area (Å²) in [5.74, 6) is 0. The van der Waals surface area contributed by atoms with Gasteiger partial charge in [-0.15, -0.1) is 0 Å². The first-order valence-electron chi connectivity index (χ1n) is 10.6. The van der Waals surface area contributed by atoms with Crippen molar-refractivity contribution < 1.29 is 9.31 Å². The van der Waals surface area contributed by atoms with Crippen LogP contribution in [0.1, 0.15) is 38.8 Å². The van der Waals surface area contributed by atoms with E-state index in [4.69, 9.17) is 9.31 Å². The maximum absolute atomic E-state index is 9.57. The zero-order chi connectivity index (χ0) is 22.0. The fourth-order valence-corrected chi connectivity index (χ4v) is 4.33. The summed E-state index contributed by atoms with van der Waals surface area (Å²) < 4.78 is 15.0. The van der Waals surface area contributed by atoms with E-state index < -0.39 is 18.3 Å². The molecule has 5 rings (SSSR count). The molecule has 0 bridgehead atoms. The zero-order valence-electron chi connectivity index (χ0n) is 18.6. The van der Waals surface area contributed by atoms with E-state index in [1.807, 2.05) is 45.9 Å². The third-order valence-electron chi connectivity index (χ3n) is 6.73. The van der Waals surface area contributed by atoms with Crippen molar-refractivity contribution in [1.82, 2.24) is 4.57 Å². The van der Waals surface area contributed by atoms with Gasteiger partial charge < -0.3 is 13.9 Å². The molecular formula is C26H25BN2O2. The van der Waals surface area contributed by atoms with Crippen molar-refractivity contribution >= 4 is 34.4 Å². The third-order valence-corrected chi connectivity index (χ3v) is 6.73. The topological polar surface area (TPSA) is 47.2 Å². The molecule has 1 aromatic heterocycles. The molecule has 5 heteroatoms. The maximum atomic E-state index is 9.57. The van der Waals surface area contributed by atoms with Gasteiger partial charge >= 0.3 is 7.12 Å². The second kappa shape index (κ2) is 6.72. The molecule has 31 heavy (non-hydrogen) atoms. The largest absolute Gasteiger partial charge is 0.497 e. The molecule has 0 N–H and O–H groups in total. The van der Waals surface area contributed by atoms with Crippen LogP contribution in [0.5, 0.6) is 0 Å². The van der Waals surface area contributed by atoms with Crippen molar-refractivity contribution in [2.24, 2.45) is 0 Å². The number of fused-ring (bicyclic) bond motifs is 3. The van der Waals surface area contributed by atoms with Crippen LogP contribution in [-0.2, 0) is 9.31 Å². The average Bonchev–Trinajstić information content (AvgIpc) is 3.17.